The summed E-state index contributed by atoms with van der Waals surface area (Å²) in [5, 5.41) is 7.97. The van der Waals surface area contributed by atoms with Gasteiger partial charge in [-0.15, -0.1) is 0 Å². The van der Waals surface area contributed by atoms with E-state index in [1.165, 1.54) is 0 Å². The van der Waals surface area contributed by atoms with Gasteiger partial charge in [0.2, 0.25) is 5.91 Å². The number of aromatic nitrogens is 1. The Kier molecular flexibility index (Phi) is 4.18. The lowest BCUT2D eigenvalue weighted by Gasteiger charge is -2.11. The number of anilines is 2. The molecule has 0 aliphatic carbocycles. The number of carbonyl (C=O) groups excluding carboxylic acids is 1. The average Bonchev–Trinajstić information content (AvgIpc) is 2.42. The third kappa shape index (κ3) is 3.13. The number of rotatable bonds is 5. The number of nitrogen functional groups attached to an aromatic ring is 1. The Morgan fingerprint density at radius 2 is 2.16 bits per heavy atom. The molecule has 0 atom stereocenters. The first-order valence-electron chi connectivity index (χ1n) is 6.35. The van der Waals surface area contributed by atoms with Crippen LogP contribution < -0.4 is 16.4 Å². The maximum Gasteiger partial charge on any atom is 0.221 e. The maximum atomic E-state index is 11.4. The molecule has 1 aromatic carbocycles. The summed E-state index contributed by atoms with van der Waals surface area (Å²) in [6, 6.07) is 5.69. The first kappa shape index (κ1) is 13.1. The summed E-state index contributed by atoms with van der Waals surface area (Å²) in [5.74, 6) is 0.0522. The molecule has 1 amide bonds. The van der Waals surface area contributed by atoms with Gasteiger partial charge < -0.3 is 16.4 Å². The van der Waals surface area contributed by atoms with Gasteiger partial charge in [0.05, 0.1) is 0 Å². The summed E-state index contributed by atoms with van der Waals surface area (Å²) in [6.45, 7) is 3.16. The zero-order valence-electron chi connectivity index (χ0n) is 10.9. The second-order valence-electron chi connectivity index (χ2n) is 4.25. The van der Waals surface area contributed by atoms with E-state index in [0.29, 0.717) is 25.2 Å². The minimum atomic E-state index is 0.0522. The molecule has 5 nitrogen and oxygen atoms in total. The molecule has 0 saturated carbocycles. The van der Waals surface area contributed by atoms with E-state index in [2.05, 4.69) is 15.6 Å². The predicted octanol–water partition coefficient (Wildman–Crippen LogP) is 1.76. The third-order valence-corrected chi connectivity index (χ3v) is 2.89. The molecule has 0 saturated heterocycles. The molecule has 0 fully saturated rings. The molecule has 0 aliphatic rings. The molecule has 0 bridgehead atoms. The van der Waals surface area contributed by atoms with Crippen LogP contribution in [0, 0.1) is 0 Å². The van der Waals surface area contributed by atoms with Crippen LogP contribution in [0.4, 0.5) is 11.4 Å². The number of hydrogen-bond donors (Lipinski definition) is 3. The first-order chi connectivity index (χ1) is 9.22. The Morgan fingerprint density at radius 3 is 2.95 bits per heavy atom. The molecular weight excluding hydrogens is 240 g/mol. The molecule has 19 heavy (non-hydrogen) atoms. The van der Waals surface area contributed by atoms with E-state index in [4.69, 9.17) is 5.73 Å². The Balaban J connectivity index is 2.09. The lowest BCUT2D eigenvalue weighted by Crippen LogP contribution is -2.24. The van der Waals surface area contributed by atoms with Crippen LogP contribution in [0.3, 0.4) is 0 Å². The van der Waals surface area contributed by atoms with Crippen molar-refractivity contribution in [3.8, 4) is 0 Å². The third-order valence-electron chi connectivity index (χ3n) is 2.89. The fourth-order valence-corrected chi connectivity index (χ4v) is 1.96. The number of nitrogens with one attached hydrogen (secondary N) is 2. The van der Waals surface area contributed by atoms with Crippen LogP contribution in [0.25, 0.3) is 10.8 Å². The van der Waals surface area contributed by atoms with Crippen LogP contribution in [-0.4, -0.2) is 24.0 Å². The molecule has 4 N–H and O–H groups in total. The van der Waals surface area contributed by atoms with Gasteiger partial charge >= 0.3 is 0 Å². The van der Waals surface area contributed by atoms with Crippen LogP contribution in [0.1, 0.15) is 13.3 Å². The van der Waals surface area contributed by atoms with Crippen molar-refractivity contribution in [2.45, 2.75) is 13.3 Å². The zero-order valence-corrected chi connectivity index (χ0v) is 10.9. The molecule has 2 rings (SSSR count). The smallest absolute Gasteiger partial charge is 0.221 e. The second kappa shape index (κ2) is 6.04. The van der Waals surface area contributed by atoms with Gasteiger partial charge in [-0.3, -0.25) is 9.78 Å². The number of fused-ring (bicyclic) bond motifs is 1. The van der Waals surface area contributed by atoms with Crippen molar-refractivity contribution in [2.75, 3.05) is 24.1 Å². The maximum absolute atomic E-state index is 11.4. The molecule has 1 heterocycles. The second-order valence-corrected chi connectivity index (χ2v) is 4.25. The number of nitrogens with two attached hydrogens (primary N) is 1. The summed E-state index contributed by atoms with van der Waals surface area (Å²) in [4.78, 5) is 15.4. The molecule has 0 radical (unpaired) electrons. The van der Waals surface area contributed by atoms with Crippen molar-refractivity contribution in [3.63, 3.8) is 0 Å². The van der Waals surface area contributed by atoms with E-state index >= 15 is 0 Å². The van der Waals surface area contributed by atoms with Gasteiger partial charge in [0.15, 0.2) is 0 Å². The Bertz CT molecular complexity index is 583. The summed E-state index contributed by atoms with van der Waals surface area (Å²) >= 11 is 0. The SMILES string of the molecule is CCNC(=O)CCNc1ccc(N)c2cnccc12. The lowest BCUT2D eigenvalue weighted by molar-refractivity contribution is -0.120. The molecule has 2 aromatic rings. The monoisotopic (exact) mass is 258 g/mol. The largest absolute Gasteiger partial charge is 0.398 e. The number of hydrogen-bond acceptors (Lipinski definition) is 4. The number of pyridine rings is 1. The molecule has 0 unspecified atom stereocenters. The van der Waals surface area contributed by atoms with Gasteiger partial charge in [0, 0.05) is 54.1 Å². The van der Waals surface area contributed by atoms with Gasteiger partial charge in [0.25, 0.3) is 0 Å². The molecule has 100 valence electrons. The quantitative estimate of drug-likeness (QED) is 0.714. The van der Waals surface area contributed by atoms with Gasteiger partial charge in [0.1, 0.15) is 0 Å². The van der Waals surface area contributed by atoms with Crippen molar-refractivity contribution in [1.82, 2.24) is 10.3 Å². The van der Waals surface area contributed by atoms with Crippen molar-refractivity contribution in [1.29, 1.82) is 0 Å². The summed E-state index contributed by atoms with van der Waals surface area (Å²) in [6.07, 6.45) is 3.93. The van der Waals surface area contributed by atoms with Gasteiger partial charge in [-0.05, 0) is 25.1 Å². The van der Waals surface area contributed by atoms with Crippen molar-refractivity contribution >= 4 is 28.1 Å². The lowest BCUT2D eigenvalue weighted by atomic mass is 10.1. The molecule has 1 aromatic heterocycles. The fraction of sp³-hybridized carbons (Fsp3) is 0.286. The van der Waals surface area contributed by atoms with Crippen molar-refractivity contribution < 1.29 is 4.79 Å². The van der Waals surface area contributed by atoms with Gasteiger partial charge in [-0.1, -0.05) is 0 Å². The highest BCUT2D eigenvalue weighted by Gasteiger charge is 2.04. The number of benzene rings is 1. The highest BCUT2D eigenvalue weighted by molar-refractivity contribution is 6.00. The number of amides is 1. The predicted molar refractivity (Wildman–Crippen MR) is 77.9 cm³/mol. The van der Waals surface area contributed by atoms with E-state index in [9.17, 15) is 4.79 Å². The van der Waals surface area contributed by atoms with E-state index in [1.54, 1.807) is 12.4 Å². The molecule has 0 aliphatic heterocycles. The van der Waals surface area contributed by atoms with Crippen LogP contribution >= 0.6 is 0 Å². The highest BCUT2D eigenvalue weighted by atomic mass is 16.1. The van der Waals surface area contributed by atoms with Crippen molar-refractivity contribution in [2.24, 2.45) is 0 Å². The Morgan fingerprint density at radius 1 is 1.32 bits per heavy atom. The molecule has 0 spiro atoms. The standard InChI is InChI=1S/C14H18N4O/c1-2-17-14(19)6-8-18-13-4-3-12(15)11-9-16-7-5-10(11)13/h3-5,7,9,18H,2,6,8,15H2,1H3,(H,17,19). The summed E-state index contributed by atoms with van der Waals surface area (Å²) in [5.41, 5.74) is 7.58. The number of nitrogens with zero attached hydrogens (tertiary/aromatic N) is 1. The van der Waals surface area contributed by atoms with Gasteiger partial charge in [-0.25, -0.2) is 0 Å². The van der Waals surface area contributed by atoms with Crippen LogP contribution in [0.2, 0.25) is 0 Å². The minimum Gasteiger partial charge on any atom is -0.398 e. The van der Waals surface area contributed by atoms with Crippen molar-refractivity contribution in [3.05, 3.63) is 30.6 Å². The number of carbonyl (C=O) groups is 1. The minimum absolute atomic E-state index is 0.0522. The molecule has 5 heteroatoms. The van der Waals surface area contributed by atoms with Crippen LogP contribution in [0.5, 0.6) is 0 Å². The van der Waals surface area contributed by atoms with E-state index in [-0.39, 0.29) is 5.91 Å². The highest BCUT2D eigenvalue weighted by Crippen LogP contribution is 2.27. The topological polar surface area (TPSA) is 80.0 Å². The van der Waals surface area contributed by atoms with E-state index in [0.717, 1.165) is 16.5 Å². The zero-order chi connectivity index (χ0) is 13.7. The van der Waals surface area contributed by atoms with Gasteiger partial charge in [-0.2, -0.15) is 0 Å². The summed E-state index contributed by atoms with van der Waals surface area (Å²) in [7, 11) is 0. The van der Waals surface area contributed by atoms with E-state index < -0.39 is 0 Å². The van der Waals surface area contributed by atoms with Crippen LogP contribution in [0.15, 0.2) is 30.6 Å². The summed E-state index contributed by atoms with van der Waals surface area (Å²) < 4.78 is 0. The van der Waals surface area contributed by atoms with Crippen LogP contribution in [-0.2, 0) is 4.79 Å². The first-order valence-corrected chi connectivity index (χ1v) is 6.35. The Hall–Kier alpha value is -2.30. The Labute approximate surface area is 112 Å². The average molecular weight is 258 g/mol. The fourth-order valence-electron chi connectivity index (χ4n) is 1.96. The molecular formula is C14H18N4O. The normalized spacial score (nSPS) is 10.4. The van der Waals surface area contributed by atoms with E-state index in [1.807, 2.05) is 25.1 Å².